The number of alkyl halides is 3. The SMILES string of the molecule is O=c1[nH]c(C2CCN([S+](=O)([O-])c3cccc(C(F)(F)F)c3)CC2)nn1-c1ccc(Cl)cc1. The first-order valence-electron chi connectivity index (χ1n) is 9.68. The Morgan fingerprint density at radius 3 is 2.41 bits per heavy atom. The molecule has 2 heterocycles. The maximum absolute atomic E-state index is 13.0. The van der Waals surface area contributed by atoms with Gasteiger partial charge in [-0.3, -0.25) is 4.98 Å². The van der Waals surface area contributed by atoms with Crippen LogP contribution in [0.4, 0.5) is 13.2 Å². The molecule has 170 valence electrons. The Morgan fingerprint density at radius 2 is 1.78 bits per heavy atom. The molecule has 2 aromatic carbocycles. The van der Waals surface area contributed by atoms with Crippen molar-refractivity contribution in [2.24, 2.45) is 0 Å². The molecule has 1 aliphatic heterocycles. The van der Waals surface area contributed by atoms with E-state index in [4.69, 9.17) is 11.6 Å². The fourth-order valence-electron chi connectivity index (χ4n) is 3.63. The van der Waals surface area contributed by atoms with Crippen molar-refractivity contribution >= 4 is 22.0 Å². The van der Waals surface area contributed by atoms with E-state index >= 15 is 0 Å². The van der Waals surface area contributed by atoms with Gasteiger partial charge >= 0.3 is 11.9 Å². The molecule has 0 bridgehead atoms. The molecule has 1 fully saturated rings. The Hall–Kier alpha value is -2.47. The minimum absolute atomic E-state index is 0.0963. The van der Waals surface area contributed by atoms with Crippen LogP contribution in [0, 0.1) is 0 Å². The van der Waals surface area contributed by atoms with Gasteiger partial charge in [0.05, 0.1) is 11.3 Å². The summed E-state index contributed by atoms with van der Waals surface area (Å²) in [6.07, 6.45) is -3.90. The molecule has 0 aliphatic carbocycles. The average Bonchev–Trinajstić information content (AvgIpc) is 3.15. The third-order valence-electron chi connectivity index (χ3n) is 5.35. The van der Waals surface area contributed by atoms with Crippen molar-refractivity contribution in [3.8, 4) is 5.69 Å². The summed E-state index contributed by atoms with van der Waals surface area (Å²) in [5.41, 5.74) is -0.911. The Balaban J connectivity index is 1.49. The smallest absolute Gasteiger partial charge is 0.416 e. The first kappa shape index (κ1) is 22.7. The molecule has 0 amide bonds. The zero-order valence-electron chi connectivity index (χ0n) is 16.5. The molecule has 1 N–H and O–H groups in total. The van der Waals surface area contributed by atoms with Crippen molar-refractivity contribution in [3.05, 3.63) is 75.4 Å². The van der Waals surface area contributed by atoms with E-state index in [0.717, 1.165) is 22.5 Å². The van der Waals surface area contributed by atoms with Crippen molar-refractivity contribution in [1.29, 1.82) is 0 Å². The Kier molecular flexibility index (Phi) is 6.01. The molecule has 0 radical (unpaired) electrons. The second-order valence-electron chi connectivity index (χ2n) is 7.41. The molecular weight excluding hydrogens is 469 g/mol. The standard InChI is InChI=1S/C20H18ClF3N4O3S/c21-15-4-6-16(7-5-15)28-19(29)25-18(26-28)13-8-10-27(11-9-13)32(30,31)17-3-1-2-14(12-17)20(22,23)24/h1-7,12-13H,8-11H2,(H-,25,26,29,30,31). The zero-order valence-corrected chi connectivity index (χ0v) is 18.1. The van der Waals surface area contributed by atoms with Crippen LogP contribution < -0.4 is 5.69 Å². The van der Waals surface area contributed by atoms with E-state index in [9.17, 15) is 26.7 Å². The lowest BCUT2D eigenvalue weighted by Crippen LogP contribution is -2.42. The summed E-state index contributed by atoms with van der Waals surface area (Å²) in [6, 6.07) is 10.3. The van der Waals surface area contributed by atoms with Crippen molar-refractivity contribution in [2.45, 2.75) is 29.8 Å². The average molecular weight is 487 g/mol. The molecule has 32 heavy (non-hydrogen) atoms. The molecule has 1 unspecified atom stereocenters. The second kappa shape index (κ2) is 8.47. The second-order valence-corrected chi connectivity index (χ2v) is 9.78. The summed E-state index contributed by atoms with van der Waals surface area (Å²) in [4.78, 5) is 14.6. The summed E-state index contributed by atoms with van der Waals surface area (Å²) in [6.45, 7) is 0.193. The predicted octanol–water partition coefficient (Wildman–Crippen LogP) is 4.02. The summed E-state index contributed by atoms with van der Waals surface area (Å²) in [5.74, 6) is 0.241. The fourth-order valence-corrected chi connectivity index (χ4v) is 5.28. The lowest BCUT2D eigenvalue weighted by atomic mass is 9.98. The van der Waals surface area contributed by atoms with Gasteiger partial charge in [0.15, 0.2) is 15.3 Å². The van der Waals surface area contributed by atoms with Crippen LogP contribution in [0.5, 0.6) is 0 Å². The molecule has 4 rings (SSSR count). The molecule has 1 aliphatic rings. The molecule has 1 atom stereocenters. The number of aromatic amines is 1. The lowest BCUT2D eigenvalue weighted by Gasteiger charge is -2.33. The normalized spacial score (nSPS) is 17.9. The highest BCUT2D eigenvalue weighted by molar-refractivity contribution is 7.95. The first-order valence-corrected chi connectivity index (χ1v) is 11.5. The van der Waals surface area contributed by atoms with Gasteiger partial charge in [-0.05, 0) is 49.2 Å². The Morgan fingerprint density at radius 1 is 1.12 bits per heavy atom. The number of rotatable bonds is 4. The van der Waals surface area contributed by atoms with Gasteiger partial charge < -0.3 is 4.55 Å². The van der Waals surface area contributed by atoms with Gasteiger partial charge in [-0.2, -0.15) is 17.9 Å². The summed E-state index contributed by atoms with van der Waals surface area (Å²) >= 11 is 5.87. The van der Waals surface area contributed by atoms with E-state index in [1.54, 1.807) is 24.3 Å². The number of H-pyrrole nitrogens is 1. The highest BCUT2D eigenvalue weighted by atomic mass is 35.5. The topological polar surface area (TPSA) is 94.1 Å². The number of nitrogens with one attached hydrogen (secondary N) is 1. The first-order chi connectivity index (χ1) is 15.1. The zero-order chi connectivity index (χ0) is 23.1. The van der Waals surface area contributed by atoms with Crippen molar-refractivity contribution in [2.75, 3.05) is 13.1 Å². The van der Waals surface area contributed by atoms with Crippen LogP contribution in [-0.2, 0) is 20.8 Å². The highest BCUT2D eigenvalue weighted by Crippen LogP contribution is 2.34. The van der Waals surface area contributed by atoms with Gasteiger partial charge in [-0.15, -0.1) is 9.40 Å². The number of hydrogen-bond donors (Lipinski definition) is 1. The van der Waals surface area contributed by atoms with E-state index in [-0.39, 0.29) is 19.0 Å². The summed E-state index contributed by atoms with van der Waals surface area (Å²) in [5, 5.41) is 4.85. The molecule has 1 saturated heterocycles. The number of hydrogen-bond acceptors (Lipinski definition) is 4. The van der Waals surface area contributed by atoms with Crippen LogP contribution >= 0.6 is 11.6 Å². The fraction of sp³-hybridized carbons (Fsp3) is 0.300. The molecular formula is C20H18ClF3N4O3S. The Labute approximate surface area is 187 Å². The molecule has 0 saturated carbocycles. The third-order valence-corrected chi connectivity index (χ3v) is 7.49. The monoisotopic (exact) mass is 486 g/mol. The molecule has 7 nitrogen and oxygen atoms in total. The van der Waals surface area contributed by atoms with Crippen molar-refractivity contribution in [1.82, 2.24) is 19.1 Å². The highest BCUT2D eigenvalue weighted by Gasteiger charge is 2.38. The van der Waals surface area contributed by atoms with Gasteiger partial charge in [0.2, 0.25) is 0 Å². The van der Waals surface area contributed by atoms with Crippen LogP contribution in [0.15, 0.2) is 58.2 Å². The van der Waals surface area contributed by atoms with Gasteiger partial charge in [0.1, 0.15) is 5.82 Å². The van der Waals surface area contributed by atoms with Crippen LogP contribution in [0.1, 0.15) is 30.1 Å². The molecule has 12 heteroatoms. The summed E-state index contributed by atoms with van der Waals surface area (Å²) in [7, 11) is -4.08. The van der Waals surface area contributed by atoms with Gasteiger partial charge in [0.25, 0.3) is 0 Å². The minimum Gasteiger partial charge on any atom is -0.593 e. The van der Waals surface area contributed by atoms with Gasteiger partial charge in [0, 0.05) is 30.1 Å². The van der Waals surface area contributed by atoms with E-state index in [1.807, 2.05) is 0 Å². The predicted molar refractivity (Wildman–Crippen MR) is 111 cm³/mol. The molecule has 0 spiro atoms. The van der Waals surface area contributed by atoms with E-state index in [0.29, 0.717) is 35.4 Å². The van der Waals surface area contributed by atoms with Gasteiger partial charge in [-0.1, -0.05) is 21.9 Å². The molecule has 3 aromatic rings. The van der Waals surface area contributed by atoms with Gasteiger partial charge in [-0.25, -0.2) is 4.79 Å². The lowest BCUT2D eigenvalue weighted by molar-refractivity contribution is -0.137. The van der Waals surface area contributed by atoms with E-state index in [1.165, 1.54) is 4.68 Å². The van der Waals surface area contributed by atoms with Crippen molar-refractivity contribution in [3.63, 3.8) is 0 Å². The molecule has 1 aromatic heterocycles. The largest absolute Gasteiger partial charge is 0.593 e. The number of nitrogens with zero attached hydrogens (tertiary/aromatic N) is 3. The number of piperidine rings is 1. The summed E-state index contributed by atoms with van der Waals surface area (Å²) < 4.78 is 67.0. The number of halogens is 4. The van der Waals surface area contributed by atoms with Crippen molar-refractivity contribution < 1.29 is 21.9 Å². The maximum Gasteiger partial charge on any atom is 0.416 e. The number of aromatic nitrogens is 3. The number of benzene rings is 2. The van der Waals surface area contributed by atoms with E-state index in [2.05, 4.69) is 10.1 Å². The quantitative estimate of drug-likeness (QED) is 0.564. The van der Waals surface area contributed by atoms with Crippen LogP contribution in [0.3, 0.4) is 0 Å². The maximum atomic E-state index is 13.0. The van der Waals surface area contributed by atoms with Crippen LogP contribution in [0.2, 0.25) is 5.02 Å². The number of sulfonamides is 1. The minimum atomic E-state index is -4.63. The Bertz CT molecular complexity index is 1220. The van der Waals surface area contributed by atoms with Crippen LogP contribution in [0.25, 0.3) is 5.69 Å². The van der Waals surface area contributed by atoms with E-state index < -0.39 is 32.7 Å². The van der Waals surface area contributed by atoms with Crippen LogP contribution in [-0.4, -0.2) is 36.7 Å². The third kappa shape index (κ3) is 4.51.